The average Bonchev–Trinajstić information content (AvgIpc) is 3.19. The molecule has 1 spiro atoms. The molecule has 26 heavy (non-hydrogen) atoms. The summed E-state index contributed by atoms with van der Waals surface area (Å²) in [7, 11) is 0. The van der Waals surface area contributed by atoms with Crippen LogP contribution in [0.4, 0.5) is 0 Å². The lowest BCUT2D eigenvalue weighted by atomic mass is 9.44. The third-order valence-corrected chi connectivity index (χ3v) is 9.87. The second kappa shape index (κ2) is 5.49. The Hall–Kier alpha value is -0.560. The van der Waals surface area contributed by atoms with Gasteiger partial charge in [0.2, 0.25) is 0 Å². The fourth-order valence-corrected chi connectivity index (χ4v) is 8.21. The van der Waals surface area contributed by atoms with Crippen LogP contribution in [0, 0.1) is 46.8 Å². The van der Waals surface area contributed by atoms with Crippen LogP contribution in [0.3, 0.4) is 0 Å². The maximum Gasteiger partial charge on any atom is 0.168 e. The number of hydrogen-bond acceptors (Lipinski definition) is 3. The Bertz CT molecular complexity index is 632. The molecule has 0 bridgehead atoms. The van der Waals surface area contributed by atoms with E-state index < -0.39 is 5.60 Å². The highest BCUT2D eigenvalue weighted by Crippen LogP contribution is 2.69. The smallest absolute Gasteiger partial charge is 0.168 e. The van der Waals surface area contributed by atoms with Crippen LogP contribution in [0.15, 0.2) is 0 Å². The number of rotatable bonds is 0. The summed E-state index contributed by atoms with van der Waals surface area (Å²) in [5, 5.41) is 11.1. The predicted molar refractivity (Wildman–Crippen MR) is 100 cm³/mol. The second-order valence-electron chi connectivity index (χ2n) is 10.5. The average molecular weight is 359 g/mol. The molecule has 4 saturated carbocycles. The molecule has 0 aromatic carbocycles. The summed E-state index contributed by atoms with van der Waals surface area (Å²) in [4.78, 5) is 0. The molecular formula is C23H34O3. The van der Waals surface area contributed by atoms with Gasteiger partial charge in [0.1, 0.15) is 5.60 Å². The third kappa shape index (κ3) is 2.07. The fourth-order valence-electron chi connectivity index (χ4n) is 8.21. The molecule has 0 unspecified atom stereocenters. The Morgan fingerprint density at radius 2 is 1.65 bits per heavy atom. The van der Waals surface area contributed by atoms with Crippen molar-refractivity contribution in [3.8, 4) is 12.3 Å². The van der Waals surface area contributed by atoms with E-state index in [9.17, 15) is 5.11 Å². The fraction of sp³-hybridized carbons (Fsp3) is 0.913. The van der Waals surface area contributed by atoms with E-state index in [1.807, 2.05) is 0 Å². The first kappa shape index (κ1) is 17.5. The van der Waals surface area contributed by atoms with Gasteiger partial charge >= 0.3 is 0 Å². The molecule has 0 amide bonds. The lowest BCUT2D eigenvalue weighted by Gasteiger charge is -2.62. The first-order chi connectivity index (χ1) is 12.4. The van der Waals surface area contributed by atoms with Gasteiger partial charge in [-0.05, 0) is 74.0 Å². The van der Waals surface area contributed by atoms with Gasteiger partial charge in [0, 0.05) is 18.3 Å². The molecule has 1 N–H and O–H groups in total. The van der Waals surface area contributed by atoms with E-state index in [2.05, 4.69) is 19.8 Å². The Balaban J connectivity index is 1.42. The topological polar surface area (TPSA) is 38.7 Å². The maximum absolute atomic E-state index is 11.1. The summed E-state index contributed by atoms with van der Waals surface area (Å²) in [5.41, 5.74) is -0.566. The summed E-state index contributed by atoms with van der Waals surface area (Å²) < 4.78 is 12.1. The van der Waals surface area contributed by atoms with Crippen molar-refractivity contribution >= 4 is 0 Å². The first-order valence-corrected chi connectivity index (χ1v) is 10.8. The largest absolute Gasteiger partial charge is 0.377 e. The Morgan fingerprint density at radius 3 is 2.38 bits per heavy atom. The molecule has 3 nitrogen and oxygen atoms in total. The molecule has 5 fully saturated rings. The lowest BCUT2D eigenvalue weighted by Crippen LogP contribution is -2.58. The van der Waals surface area contributed by atoms with Gasteiger partial charge in [-0.15, -0.1) is 6.42 Å². The number of fused-ring (bicyclic) bond motifs is 5. The lowest BCUT2D eigenvalue weighted by molar-refractivity contribution is -0.231. The van der Waals surface area contributed by atoms with Gasteiger partial charge in [-0.1, -0.05) is 19.8 Å². The van der Waals surface area contributed by atoms with Gasteiger partial charge < -0.3 is 14.6 Å². The van der Waals surface area contributed by atoms with Crippen LogP contribution in [-0.4, -0.2) is 29.7 Å². The van der Waals surface area contributed by atoms with Gasteiger partial charge in [0.05, 0.1) is 13.2 Å². The summed E-state index contributed by atoms with van der Waals surface area (Å²) in [6, 6.07) is 0. The molecule has 1 saturated heterocycles. The zero-order valence-corrected chi connectivity index (χ0v) is 16.4. The molecule has 0 aromatic rings. The van der Waals surface area contributed by atoms with Crippen molar-refractivity contribution in [3.63, 3.8) is 0 Å². The van der Waals surface area contributed by atoms with Crippen LogP contribution in [0.1, 0.15) is 71.6 Å². The Morgan fingerprint density at radius 1 is 0.923 bits per heavy atom. The van der Waals surface area contributed by atoms with E-state index >= 15 is 0 Å². The van der Waals surface area contributed by atoms with E-state index in [1.165, 1.54) is 25.7 Å². The molecule has 144 valence electrons. The molecule has 1 heterocycles. The minimum absolute atomic E-state index is 0.0837. The summed E-state index contributed by atoms with van der Waals surface area (Å²) in [5.74, 6) is 5.35. The number of ether oxygens (including phenoxy) is 2. The molecule has 5 rings (SSSR count). The summed E-state index contributed by atoms with van der Waals surface area (Å²) in [6.45, 7) is 6.37. The normalized spacial score (nSPS) is 55.0. The molecule has 4 aliphatic carbocycles. The zero-order chi connectivity index (χ0) is 18.2. The van der Waals surface area contributed by atoms with E-state index in [1.54, 1.807) is 0 Å². The van der Waals surface area contributed by atoms with Crippen molar-refractivity contribution in [1.29, 1.82) is 0 Å². The van der Waals surface area contributed by atoms with E-state index in [4.69, 9.17) is 15.9 Å². The molecular weight excluding hydrogens is 324 g/mol. The first-order valence-electron chi connectivity index (χ1n) is 10.8. The minimum atomic E-state index is -0.886. The number of hydrogen-bond donors (Lipinski definition) is 1. The SMILES string of the molecule is C#C[C@@]1(O)CC[C@@H]2[C@@H]3CC[C@@H]4CC5(CC[C@]4(C)[C@H]3CC[C@@]21C)OCCO5. The zero-order valence-electron chi connectivity index (χ0n) is 16.4. The van der Waals surface area contributed by atoms with Crippen LogP contribution in [0.25, 0.3) is 0 Å². The van der Waals surface area contributed by atoms with Crippen molar-refractivity contribution < 1.29 is 14.6 Å². The second-order valence-corrected chi connectivity index (χ2v) is 10.5. The molecule has 5 aliphatic rings. The molecule has 0 radical (unpaired) electrons. The van der Waals surface area contributed by atoms with Crippen LogP contribution in [0.2, 0.25) is 0 Å². The van der Waals surface area contributed by atoms with Gasteiger partial charge in [0.15, 0.2) is 5.79 Å². The van der Waals surface area contributed by atoms with Gasteiger partial charge in [-0.2, -0.15) is 0 Å². The Labute approximate surface area is 158 Å². The quantitative estimate of drug-likeness (QED) is 0.662. The maximum atomic E-state index is 11.1. The molecule has 1 aliphatic heterocycles. The van der Waals surface area contributed by atoms with Gasteiger partial charge in [0.25, 0.3) is 0 Å². The van der Waals surface area contributed by atoms with E-state index in [0.717, 1.165) is 57.2 Å². The van der Waals surface area contributed by atoms with Crippen LogP contribution in [0.5, 0.6) is 0 Å². The van der Waals surface area contributed by atoms with Crippen molar-refractivity contribution in [2.75, 3.05) is 13.2 Å². The van der Waals surface area contributed by atoms with Crippen molar-refractivity contribution in [1.82, 2.24) is 0 Å². The highest BCUT2D eigenvalue weighted by Gasteiger charge is 2.65. The highest BCUT2D eigenvalue weighted by atomic mass is 16.7. The van der Waals surface area contributed by atoms with Crippen molar-refractivity contribution in [3.05, 3.63) is 0 Å². The third-order valence-electron chi connectivity index (χ3n) is 9.87. The standard InChI is InChI=1S/C23H34O3/c1-4-22(24)10-8-19-17-6-5-16-15-23(25-13-14-26-23)12-11-20(16,2)18(17)7-9-21(19,22)3/h1,16-19,24H,5-15H2,2-3H3/t16-,17-,18+,19-,20+,21+,22-/m1/s1. The molecule has 3 heteroatoms. The van der Waals surface area contributed by atoms with Crippen LogP contribution >= 0.6 is 0 Å². The predicted octanol–water partition coefficient (Wildman–Crippen LogP) is 4.14. The van der Waals surface area contributed by atoms with E-state index in [-0.39, 0.29) is 11.2 Å². The van der Waals surface area contributed by atoms with Crippen molar-refractivity contribution in [2.24, 2.45) is 34.5 Å². The number of terminal acetylenes is 1. The number of aliphatic hydroxyl groups is 1. The monoisotopic (exact) mass is 358 g/mol. The highest BCUT2D eigenvalue weighted by molar-refractivity contribution is 5.23. The van der Waals surface area contributed by atoms with Crippen LogP contribution < -0.4 is 0 Å². The Kier molecular flexibility index (Phi) is 3.70. The van der Waals surface area contributed by atoms with Crippen LogP contribution in [-0.2, 0) is 9.47 Å². The summed E-state index contributed by atoms with van der Waals surface area (Å²) in [6.07, 6.45) is 15.9. The van der Waals surface area contributed by atoms with Gasteiger partial charge in [-0.3, -0.25) is 0 Å². The van der Waals surface area contributed by atoms with E-state index in [0.29, 0.717) is 17.3 Å². The van der Waals surface area contributed by atoms with Crippen molar-refractivity contribution in [2.45, 2.75) is 83.0 Å². The molecule has 7 atom stereocenters. The minimum Gasteiger partial charge on any atom is -0.377 e. The molecule has 0 aromatic heterocycles. The van der Waals surface area contributed by atoms with Gasteiger partial charge in [-0.25, -0.2) is 0 Å². The summed E-state index contributed by atoms with van der Waals surface area (Å²) >= 11 is 0.